The second-order valence-corrected chi connectivity index (χ2v) is 4.26. The number of aromatic nitrogens is 1. The van der Waals surface area contributed by atoms with E-state index >= 15 is 0 Å². The van der Waals surface area contributed by atoms with Gasteiger partial charge < -0.3 is 5.43 Å². The van der Waals surface area contributed by atoms with E-state index in [-0.39, 0.29) is 0 Å². The molecule has 0 saturated carbocycles. The van der Waals surface area contributed by atoms with Crippen LogP contribution in [0.1, 0.15) is 5.56 Å². The maximum absolute atomic E-state index is 8.91. The minimum atomic E-state index is 0.393. The van der Waals surface area contributed by atoms with Crippen molar-refractivity contribution in [3.05, 3.63) is 33.4 Å². The Labute approximate surface area is 105 Å². The highest BCUT2D eigenvalue weighted by Crippen LogP contribution is 2.34. The van der Waals surface area contributed by atoms with Gasteiger partial charge in [-0.2, -0.15) is 5.26 Å². The Balaban J connectivity index is 2.91. The molecule has 0 radical (unpaired) electrons. The number of hydrazine groups is 1. The van der Waals surface area contributed by atoms with Crippen LogP contribution in [0, 0.1) is 11.3 Å². The number of nitriles is 1. The summed E-state index contributed by atoms with van der Waals surface area (Å²) in [5.74, 6) is 5.40. The molecule has 1 aromatic heterocycles. The lowest BCUT2D eigenvalue weighted by Crippen LogP contribution is -2.09. The van der Waals surface area contributed by atoms with E-state index in [9.17, 15) is 0 Å². The average Bonchev–Trinajstić information content (AvgIpc) is 2.32. The van der Waals surface area contributed by atoms with Gasteiger partial charge in [0.1, 0.15) is 6.07 Å². The van der Waals surface area contributed by atoms with Crippen LogP contribution in [-0.4, -0.2) is 4.98 Å². The van der Waals surface area contributed by atoms with Gasteiger partial charge in [-0.25, -0.2) is 0 Å². The second kappa shape index (κ2) is 4.26. The van der Waals surface area contributed by atoms with Crippen LogP contribution in [0.25, 0.3) is 10.9 Å². The number of nitrogens with one attached hydrogen (secondary N) is 1. The summed E-state index contributed by atoms with van der Waals surface area (Å²) in [4.78, 5) is 4.17. The fraction of sp³-hybridized carbons (Fsp3) is 0. The smallest absolute Gasteiger partial charge is 0.103 e. The molecule has 0 aliphatic carbocycles. The van der Waals surface area contributed by atoms with Crippen molar-refractivity contribution < 1.29 is 0 Å². The van der Waals surface area contributed by atoms with E-state index in [0.717, 1.165) is 5.39 Å². The van der Waals surface area contributed by atoms with Gasteiger partial charge in [0.15, 0.2) is 0 Å². The van der Waals surface area contributed by atoms with Crippen molar-refractivity contribution in [1.29, 1.82) is 5.26 Å². The quantitative estimate of drug-likeness (QED) is 0.627. The zero-order valence-electron chi connectivity index (χ0n) is 7.96. The normalized spacial score (nSPS) is 10.1. The Kier molecular flexibility index (Phi) is 2.97. The highest BCUT2D eigenvalue weighted by Gasteiger charge is 2.11. The minimum absolute atomic E-state index is 0.393. The molecule has 2 aromatic rings. The predicted molar refractivity (Wildman–Crippen MR) is 67.0 cm³/mol. The van der Waals surface area contributed by atoms with Gasteiger partial charge in [-0.3, -0.25) is 10.8 Å². The van der Waals surface area contributed by atoms with Crippen LogP contribution in [0.4, 0.5) is 5.69 Å². The number of nitrogen functional groups attached to an aromatic ring is 1. The van der Waals surface area contributed by atoms with Crippen LogP contribution in [0.3, 0.4) is 0 Å². The Bertz CT molecular complexity index is 606. The van der Waals surface area contributed by atoms with E-state index in [0.29, 0.717) is 26.3 Å². The van der Waals surface area contributed by atoms with Crippen molar-refractivity contribution in [1.82, 2.24) is 4.98 Å². The van der Waals surface area contributed by atoms with Crippen LogP contribution >= 0.6 is 27.5 Å². The number of nitrogens with zero attached hydrogens (tertiary/aromatic N) is 2. The van der Waals surface area contributed by atoms with Crippen molar-refractivity contribution in [3.63, 3.8) is 0 Å². The summed E-state index contributed by atoms with van der Waals surface area (Å²) in [6.45, 7) is 0. The van der Waals surface area contributed by atoms with Crippen LogP contribution in [0.2, 0.25) is 5.02 Å². The largest absolute Gasteiger partial charge is 0.322 e. The molecule has 6 heteroatoms. The molecule has 0 unspecified atom stereocenters. The topological polar surface area (TPSA) is 74.7 Å². The van der Waals surface area contributed by atoms with E-state index in [1.54, 1.807) is 12.1 Å². The highest BCUT2D eigenvalue weighted by molar-refractivity contribution is 9.10. The first-order chi connectivity index (χ1) is 7.69. The third kappa shape index (κ3) is 1.61. The molecule has 4 nitrogen and oxygen atoms in total. The van der Waals surface area contributed by atoms with Gasteiger partial charge in [-0.15, -0.1) is 0 Å². The Morgan fingerprint density at radius 2 is 2.25 bits per heavy atom. The van der Waals surface area contributed by atoms with Crippen LogP contribution in [0.5, 0.6) is 0 Å². The molecule has 0 aliphatic rings. The molecule has 80 valence electrons. The number of benzene rings is 1. The van der Waals surface area contributed by atoms with Gasteiger partial charge in [0.05, 0.1) is 26.3 Å². The number of halogens is 2. The second-order valence-electron chi connectivity index (χ2n) is 3.06. The Hall–Kier alpha value is -1.35. The maximum Gasteiger partial charge on any atom is 0.103 e. The first-order valence-electron chi connectivity index (χ1n) is 4.32. The van der Waals surface area contributed by atoms with Gasteiger partial charge in [-0.1, -0.05) is 11.6 Å². The summed E-state index contributed by atoms with van der Waals surface area (Å²) in [6, 6.07) is 5.51. The fourth-order valence-corrected chi connectivity index (χ4v) is 2.05. The number of rotatable bonds is 1. The molecule has 0 aliphatic heterocycles. The minimum Gasteiger partial charge on any atom is -0.322 e. The van der Waals surface area contributed by atoms with Gasteiger partial charge >= 0.3 is 0 Å². The van der Waals surface area contributed by atoms with Crippen molar-refractivity contribution in [2.24, 2.45) is 5.84 Å². The first kappa shape index (κ1) is 11.1. The lowest BCUT2D eigenvalue weighted by Gasteiger charge is -2.08. The number of nitrogens with two attached hydrogens (primary N) is 1. The van der Waals surface area contributed by atoms with E-state index in [4.69, 9.17) is 22.7 Å². The number of fused-ring (bicyclic) bond motifs is 1. The van der Waals surface area contributed by atoms with Gasteiger partial charge in [0, 0.05) is 11.6 Å². The van der Waals surface area contributed by atoms with Crippen LogP contribution in [-0.2, 0) is 0 Å². The molecular formula is C10H6BrClN4. The lowest BCUT2D eigenvalue weighted by atomic mass is 10.1. The lowest BCUT2D eigenvalue weighted by molar-refractivity contribution is 1.30. The molecule has 0 spiro atoms. The zero-order chi connectivity index (χ0) is 11.7. The average molecular weight is 298 g/mol. The summed E-state index contributed by atoms with van der Waals surface area (Å²) in [5, 5.41) is 10.2. The van der Waals surface area contributed by atoms with Gasteiger partial charge in [0.2, 0.25) is 0 Å². The van der Waals surface area contributed by atoms with E-state index in [1.165, 1.54) is 6.20 Å². The number of pyridine rings is 1. The molecular weight excluding hydrogens is 291 g/mol. The van der Waals surface area contributed by atoms with Crippen LogP contribution in [0.15, 0.2) is 22.8 Å². The SMILES string of the molecule is N#Cc1cnc2c(Br)c(Cl)ccc2c1NN. The molecule has 1 aromatic carbocycles. The maximum atomic E-state index is 8.91. The summed E-state index contributed by atoms with van der Waals surface area (Å²) in [6.07, 6.45) is 1.46. The van der Waals surface area contributed by atoms with E-state index in [1.807, 2.05) is 6.07 Å². The summed E-state index contributed by atoms with van der Waals surface area (Å²) < 4.78 is 0.688. The van der Waals surface area contributed by atoms with Gasteiger partial charge in [-0.05, 0) is 28.1 Å². The molecule has 3 N–H and O–H groups in total. The number of hydrogen-bond acceptors (Lipinski definition) is 4. The van der Waals surface area contributed by atoms with Crippen molar-refractivity contribution >= 4 is 44.1 Å². The third-order valence-electron chi connectivity index (χ3n) is 2.20. The molecule has 0 amide bonds. The van der Waals surface area contributed by atoms with Crippen molar-refractivity contribution in [2.75, 3.05) is 5.43 Å². The van der Waals surface area contributed by atoms with E-state index in [2.05, 4.69) is 26.3 Å². The summed E-state index contributed by atoms with van der Waals surface area (Å²) in [7, 11) is 0. The first-order valence-corrected chi connectivity index (χ1v) is 5.49. The molecule has 0 saturated heterocycles. The van der Waals surface area contributed by atoms with Crippen molar-refractivity contribution in [3.8, 4) is 6.07 Å². The van der Waals surface area contributed by atoms with Crippen molar-refractivity contribution in [2.45, 2.75) is 0 Å². The number of hydrogen-bond donors (Lipinski definition) is 2. The zero-order valence-corrected chi connectivity index (χ0v) is 10.3. The monoisotopic (exact) mass is 296 g/mol. The standard InChI is InChI=1S/C10H6BrClN4/c11-8-7(12)2-1-6-9(16-14)5(3-13)4-15-10(6)8/h1-2,4H,14H2,(H,15,16). The summed E-state index contributed by atoms with van der Waals surface area (Å²) in [5.41, 5.74) is 4.11. The molecule has 0 bridgehead atoms. The van der Waals surface area contributed by atoms with Crippen LogP contribution < -0.4 is 11.3 Å². The van der Waals surface area contributed by atoms with Gasteiger partial charge in [0.25, 0.3) is 0 Å². The third-order valence-corrected chi connectivity index (χ3v) is 3.54. The molecule has 0 fully saturated rings. The predicted octanol–water partition coefficient (Wildman–Crippen LogP) is 2.81. The number of anilines is 1. The molecule has 2 rings (SSSR count). The van der Waals surface area contributed by atoms with E-state index < -0.39 is 0 Å². The highest BCUT2D eigenvalue weighted by atomic mass is 79.9. The Morgan fingerprint density at radius 3 is 2.88 bits per heavy atom. The molecule has 0 atom stereocenters. The Morgan fingerprint density at radius 1 is 1.50 bits per heavy atom. The molecule has 16 heavy (non-hydrogen) atoms. The fourth-order valence-electron chi connectivity index (χ4n) is 1.45. The summed E-state index contributed by atoms with van der Waals surface area (Å²) >= 11 is 9.30. The molecule has 1 heterocycles.